The van der Waals surface area contributed by atoms with Gasteiger partial charge in [0.05, 0.1) is 13.2 Å². The zero-order valence-corrected chi connectivity index (χ0v) is 22.5. The number of aromatic nitrogens is 6. The standard InChI is InChI=1S/C26H36F2N8O3/c1-15-6-8-17(9-7-15)12-36-19-20(29-16(2)18-4-3-5-18)30-22(23-33-25(37)39-34-23)31-21(19)32-24(36)35-10-11-38-14-26(27,28)13-35/h15-18H,3-14H2,1-2H3,(H,29,30,31)(H,33,34,37)/t15?,16-,17?/m1/s1. The minimum atomic E-state index is -3.00. The summed E-state index contributed by atoms with van der Waals surface area (Å²) in [7, 11) is 0. The third-order valence-electron chi connectivity index (χ3n) is 8.56. The first-order valence-corrected chi connectivity index (χ1v) is 14.1. The van der Waals surface area contributed by atoms with Gasteiger partial charge in [-0.25, -0.2) is 23.5 Å². The lowest BCUT2D eigenvalue weighted by atomic mass is 9.80. The van der Waals surface area contributed by atoms with Crippen molar-refractivity contribution in [3.05, 3.63) is 10.6 Å². The van der Waals surface area contributed by atoms with Crippen LogP contribution in [0.1, 0.15) is 58.8 Å². The van der Waals surface area contributed by atoms with E-state index >= 15 is 0 Å². The predicted octanol–water partition coefficient (Wildman–Crippen LogP) is 4.07. The fourth-order valence-electron chi connectivity index (χ4n) is 5.99. The van der Waals surface area contributed by atoms with Crippen LogP contribution in [0.25, 0.3) is 22.8 Å². The van der Waals surface area contributed by atoms with Crippen LogP contribution in [0.15, 0.2) is 9.32 Å². The molecule has 0 spiro atoms. The molecule has 0 bridgehead atoms. The quantitative estimate of drug-likeness (QED) is 0.451. The molecular weight excluding hydrogens is 510 g/mol. The molecular formula is C26H36F2N8O3. The second-order valence-electron chi connectivity index (χ2n) is 11.6. The maximum absolute atomic E-state index is 14.7. The van der Waals surface area contributed by atoms with Gasteiger partial charge in [0.15, 0.2) is 11.5 Å². The molecule has 2 saturated carbocycles. The van der Waals surface area contributed by atoms with Crippen molar-refractivity contribution < 1.29 is 18.0 Å². The molecule has 212 valence electrons. The van der Waals surface area contributed by atoms with Crippen molar-refractivity contribution in [3.8, 4) is 11.6 Å². The van der Waals surface area contributed by atoms with E-state index in [4.69, 9.17) is 19.2 Å². The minimum absolute atomic E-state index is 0.0910. The van der Waals surface area contributed by atoms with Crippen LogP contribution in [0.2, 0.25) is 0 Å². The van der Waals surface area contributed by atoms with Gasteiger partial charge >= 0.3 is 5.76 Å². The van der Waals surface area contributed by atoms with E-state index in [9.17, 15) is 13.6 Å². The maximum Gasteiger partial charge on any atom is 0.439 e. The van der Waals surface area contributed by atoms with Crippen molar-refractivity contribution in [1.29, 1.82) is 0 Å². The second kappa shape index (κ2) is 10.5. The number of alkyl halides is 2. The third-order valence-corrected chi connectivity index (χ3v) is 8.56. The van der Waals surface area contributed by atoms with Gasteiger partial charge in [-0.1, -0.05) is 31.3 Å². The molecule has 3 fully saturated rings. The average Bonchev–Trinajstić information content (AvgIpc) is 3.39. The first-order chi connectivity index (χ1) is 18.8. The van der Waals surface area contributed by atoms with Gasteiger partial charge in [-0.05, 0) is 50.4 Å². The van der Waals surface area contributed by atoms with E-state index in [0.717, 1.165) is 38.5 Å². The zero-order valence-electron chi connectivity index (χ0n) is 22.5. The van der Waals surface area contributed by atoms with Gasteiger partial charge in [-0.2, -0.15) is 4.98 Å². The van der Waals surface area contributed by atoms with Crippen molar-refractivity contribution in [1.82, 2.24) is 29.7 Å². The number of fused-ring (bicyclic) bond motifs is 1. The predicted molar refractivity (Wildman–Crippen MR) is 141 cm³/mol. The van der Waals surface area contributed by atoms with E-state index in [2.05, 4.69) is 34.3 Å². The summed E-state index contributed by atoms with van der Waals surface area (Å²) < 4.78 is 41.3. The van der Waals surface area contributed by atoms with Crippen LogP contribution in [0, 0.1) is 17.8 Å². The van der Waals surface area contributed by atoms with Gasteiger partial charge < -0.3 is 19.5 Å². The van der Waals surface area contributed by atoms with E-state index < -0.39 is 24.8 Å². The van der Waals surface area contributed by atoms with Crippen LogP contribution in [0.3, 0.4) is 0 Å². The molecule has 2 N–H and O–H groups in total. The summed E-state index contributed by atoms with van der Waals surface area (Å²) in [6.07, 6.45) is 7.91. The molecule has 39 heavy (non-hydrogen) atoms. The number of nitrogens with one attached hydrogen (secondary N) is 2. The Morgan fingerprint density at radius 1 is 1.15 bits per heavy atom. The molecule has 13 heteroatoms. The lowest BCUT2D eigenvalue weighted by Crippen LogP contribution is -2.39. The van der Waals surface area contributed by atoms with Crippen LogP contribution < -0.4 is 16.0 Å². The molecule has 3 aliphatic rings. The first-order valence-electron chi connectivity index (χ1n) is 14.1. The fraction of sp³-hybridized carbons (Fsp3) is 0.731. The molecule has 3 aromatic rings. The Labute approximate surface area is 224 Å². The van der Waals surface area contributed by atoms with Gasteiger partial charge in [-0.3, -0.25) is 9.51 Å². The van der Waals surface area contributed by atoms with Gasteiger partial charge in [0, 0.05) is 19.1 Å². The number of rotatable bonds is 7. The average molecular weight is 547 g/mol. The number of ether oxygens (including phenoxy) is 1. The fourth-order valence-corrected chi connectivity index (χ4v) is 5.99. The number of hydrogen-bond acceptors (Lipinski definition) is 9. The van der Waals surface area contributed by atoms with Gasteiger partial charge in [0.25, 0.3) is 5.92 Å². The molecule has 1 atom stereocenters. The van der Waals surface area contributed by atoms with Gasteiger partial charge in [0.1, 0.15) is 12.1 Å². The summed E-state index contributed by atoms with van der Waals surface area (Å²) in [5, 5.41) is 7.35. The Kier molecular flexibility index (Phi) is 7.02. The van der Waals surface area contributed by atoms with Crippen LogP contribution >= 0.6 is 0 Å². The molecule has 3 aromatic heterocycles. The van der Waals surface area contributed by atoms with Crippen LogP contribution in [0.5, 0.6) is 0 Å². The molecule has 1 aliphatic heterocycles. The molecule has 2 aliphatic carbocycles. The van der Waals surface area contributed by atoms with Crippen molar-refractivity contribution in [3.63, 3.8) is 0 Å². The Hall–Kier alpha value is -3.09. The molecule has 0 aromatic carbocycles. The number of halogens is 2. The van der Waals surface area contributed by atoms with Crippen LogP contribution in [-0.4, -0.2) is 67.9 Å². The van der Waals surface area contributed by atoms with Crippen molar-refractivity contribution in [2.45, 2.75) is 77.3 Å². The highest BCUT2D eigenvalue weighted by molar-refractivity contribution is 5.87. The number of hydrogen-bond donors (Lipinski definition) is 2. The number of imidazole rings is 1. The molecule has 6 rings (SSSR count). The van der Waals surface area contributed by atoms with Gasteiger partial charge in [-0.15, -0.1) is 0 Å². The Morgan fingerprint density at radius 2 is 1.95 bits per heavy atom. The number of nitrogens with zero attached hydrogens (tertiary/aromatic N) is 6. The lowest BCUT2D eigenvalue weighted by Gasteiger charge is -2.32. The minimum Gasteiger partial charge on any atom is -0.373 e. The van der Waals surface area contributed by atoms with Gasteiger partial charge in [0.2, 0.25) is 17.6 Å². The monoisotopic (exact) mass is 546 g/mol. The summed E-state index contributed by atoms with van der Waals surface area (Å²) in [5.74, 6) is -0.874. The zero-order chi connectivity index (χ0) is 27.1. The SMILES string of the molecule is CC1CCC(Cn2c(N3CCOCC(F)(F)C3)nc3nc(-c4noc(=O)[nH]4)nc(N[C@H](C)C4CCC4)c32)CC1. The normalized spacial score (nSPS) is 24.9. The number of H-pyrrole nitrogens is 1. The summed E-state index contributed by atoms with van der Waals surface area (Å²) in [5.41, 5.74) is 1.04. The Bertz CT molecular complexity index is 1360. The number of aromatic amines is 1. The van der Waals surface area contributed by atoms with E-state index in [1.165, 1.54) is 6.42 Å². The Morgan fingerprint density at radius 3 is 2.64 bits per heavy atom. The highest BCUT2D eigenvalue weighted by Crippen LogP contribution is 2.37. The smallest absolute Gasteiger partial charge is 0.373 e. The largest absolute Gasteiger partial charge is 0.439 e. The molecule has 0 radical (unpaired) electrons. The third kappa shape index (κ3) is 5.50. The lowest BCUT2D eigenvalue weighted by molar-refractivity contribution is -0.0564. The highest BCUT2D eigenvalue weighted by Gasteiger charge is 2.37. The summed E-state index contributed by atoms with van der Waals surface area (Å²) in [4.78, 5) is 30.0. The first kappa shape index (κ1) is 26.1. The van der Waals surface area contributed by atoms with E-state index in [1.54, 1.807) is 4.90 Å². The van der Waals surface area contributed by atoms with Crippen molar-refractivity contribution in [2.75, 3.05) is 36.5 Å². The summed E-state index contributed by atoms with van der Waals surface area (Å²) in [6, 6.07) is 0.138. The van der Waals surface area contributed by atoms with E-state index in [1.807, 2.05) is 4.57 Å². The molecule has 1 saturated heterocycles. The van der Waals surface area contributed by atoms with Crippen LogP contribution in [0.4, 0.5) is 20.5 Å². The maximum atomic E-state index is 14.7. The topological polar surface area (TPSA) is 127 Å². The van der Waals surface area contributed by atoms with E-state index in [0.29, 0.717) is 53.8 Å². The second-order valence-corrected chi connectivity index (χ2v) is 11.6. The van der Waals surface area contributed by atoms with Crippen LogP contribution in [-0.2, 0) is 11.3 Å². The summed E-state index contributed by atoms with van der Waals surface area (Å²) >= 11 is 0. The molecule has 0 unspecified atom stereocenters. The molecule has 4 heterocycles. The molecule has 11 nitrogen and oxygen atoms in total. The van der Waals surface area contributed by atoms with Crippen molar-refractivity contribution >= 4 is 22.9 Å². The summed E-state index contributed by atoms with van der Waals surface area (Å²) in [6.45, 7) is 4.42. The number of anilines is 2. The van der Waals surface area contributed by atoms with Crippen molar-refractivity contribution in [2.24, 2.45) is 17.8 Å². The Balaban J connectivity index is 1.48. The highest BCUT2D eigenvalue weighted by atomic mass is 19.3. The van der Waals surface area contributed by atoms with E-state index in [-0.39, 0.29) is 24.3 Å². The molecule has 0 amide bonds.